The highest BCUT2D eigenvalue weighted by Crippen LogP contribution is 2.36. The summed E-state index contributed by atoms with van der Waals surface area (Å²) < 4.78 is 29.1. The Morgan fingerprint density at radius 1 is 0.613 bits per heavy atom. The topological polar surface area (TPSA) is 46.2 Å². The fraction of sp³-hybridized carbons (Fsp3) is 0.0370. The quantitative estimate of drug-likeness (QED) is 0.324. The van der Waals surface area contributed by atoms with Gasteiger partial charge in [-0.2, -0.15) is 0 Å². The van der Waals surface area contributed by atoms with E-state index >= 15 is 0 Å². The number of aryl methyl sites for hydroxylation is 1. The average Bonchev–Trinajstić information content (AvgIpc) is 2.79. The van der Waals surface area contributed by atoms with Crippen molar-refractivity contribution in [1.82, 2.24) is 0 Å². The number of fused-ring (bicyclic) bond motifs is 3. The maximum absolute atomic E-state index is 13.1. The maximum Gasteiger partial charge on any atom is 0.261 e. The van der Waals surface area contributed by atoms with E-state index in [0.717, 1.165) is 38.2 Å². The zero-order chi connectivity index (χ0) is 21.4. The molecule has 0 saturated carbocycles. The molecule has 4 heteroatoms. The SMILES string of the molecule is Cc1ccc(S(=O)(=O)Nc2cc3ccccc3c3ccc(-c4ccccc4)cc23)cc1. The van der Waals surface area contributed by atoms with Crippen LogP contribution in [0, 0.1) is 6.92 Å². The first-order valence-corrected chi connectivity index (χ1v) is 11.6. The van der Waals surface area contributed by atoms with E-state index in [9.17, 15) is 8.42 Å². The van der Waals surface area contributed by atoms with Crippen molar-refractivity contribution in [3.63, 3.8) is 0 Å². The molecule has 0 heterocycles. The highest BCUT2D eigenvalue weighted by Gasteiger charge is 2.17. The summed E-state index contributed by atoms with van der Waals surface area (Å²) in [7, 11) is -3.72. The number of benzene rings is 5. The van der Waals surface area contributed by atoms with E-state index in [-0.39, 0.29) is 4.90 Å². The molecule has 0 aliphatic rings. The van der Waals surface area contributed by atoms with E-state index in [1.54, 1.807) is 24.3 Å². The van der Waals surface area contributed by atoms with E-state index in [4.69, 9.17) is 0 Å². The summed E-state index contributed by atoms with van der Waals surface area (Å²) in [6, 6.07) is 33.1. The summed E-state index contributed by atoms with van der Waals surface area (Å²) in [6.45, 7) is 1.94. The van der Waals surface area contributed by atoms with Crippen LogP contribution in [0.2, 0.25) is 0 Å². The Hall–Kier alpha value is -3.63. The van der Waals surface area contributed by atoms with E-state index < -0.39 is 10.0 Å². The van der Waals surface area contributed by atoms with Crippen LogP contribution in [-0.2, 0) is 10.0 Å². The molecule has 0 saturated heterocycles. The molecular formula is C27H21NO2S. The van der Waals surface area contributed by atoms with Crippen molar-refractivity contribution in [3.8, 4) is 11.1 Å². The van der Waals surface area contributed by atoms with Gasteiger partial charge in [-0.1, -0.05) is 84.4 Å². The minimum atomic E-state index is -3.72. The lowest BCUT2D eigenvalue weighted by molar-refractivity contribution is 0.601. The Morgan fingerprint density at radius 3 is 2.10 bits per heavy atom. The summed E-state index contributed by atoms with van der Waals surface area (Å²) in [4.78, 5) is 0.249. The molecule has 0 amide bonds. The average molecular weight is 424 g/mol. The van der Waals surface area contributed by atoms with Crippen LogP contribution in [0.1, 0.15) is 5.56 Å². The summed E-state index contributed by atoms with van der Waals surface area (Å²) >= 11 is 0. The van der Waals surface area contributed by atoms with Crippen LogP contribution < -0.4 is 4.72 Å². The van der Waals surface area contributed by atoms with Gasteiger partial charge >= 0.3 is 0 Å². The van der Waals surface area contributed by atoms with E-state index in [1.165, 1.54) is 0 Å². The van der Waals surface area contributed by atoms with Gasteiger partial charge in [-0.15, -0.1) is 0 Å². The first-order chi connectivity index (χ1) is 15.0. The number of anilines is 1. The Balaban J connectivity index is 1.72. The molecule has 0 unspecified atom stereocenters. The fourth-order valence-corrected chi connectivity index (χ4v) is 4.99. The number of rotatable bonds is 4. The highest BCUT2D eigenvalue weighted by molar-refractivity contribution is 7.92. The third-order valence-electron chi connectivity index (χ3n) is 5.54. The molecule has 31 heavy (non-hydrogen) atoms. The Kier molecular flexibility index (Phi) is 4.72. The van der Waals surface area contributed by atoms with Crippen LogP contribution in [0.25, 0.3) is 32.7 Å². The van der Waals surface area contributed by atoms with Crippen molar-refractivity contribution in [2.24, 2.45) is 0 Å². The number of nitrogens with one attached hydrogen (secondary N) is 1. The molecule has 0 fully saturated rings. The molecule has 3 nitrogen and oxygen atoms in total. The second-order valence-corrected chi connectivity index (χ2v) is 9.37. The van der Waals surface area contributed by atoms with Crippen LogP contribution in [0.4, 0.5) is 5.69 Å². The van der Waals surface area contributed by atoms with Crippen LogP contribution in [0.15, 0.2) is 108 Å². The molecule has 5 aromatic rings. The van der Waals surface area contributed by atoms with Crippen LogP contribution >= 0.6 is 0 Å². The zero-order valence-electron chi connectivity index (χ0n) is 17.0. The van der Waals surface area contributed by atoms with E-state index in [2.05, 4.69) is 41.1 Å². The lowest BCUT2D eigenvalue weighted by Gasteiger charge is -2.15. The predicted octanol–water partition coefficient (Wildman–Crippen LogP) is 6.77. The Bertz CT molecular complexity index is 1510. The fourth-order valence-electron chi connectivity index (χ4n) is 3.92. The molecule has 5 aromatic carbocycles. The summed E-state index contributed by atoms with van der Waals surface area (Å²) in [6.07, 6.45) is 0. The summed E-state index contributed by atoms with van der Waals surface area (Å²) in [5.41, 5.74) is 3.72. The van der Waals surface area contributed by atoms with Gasteiger partial charge in [-0.05, 0) is 58.5 Å². The molecule has 5 rings (SSSR count). The van der Waals surface area contributed by atoms with Crippen LogP contribution in [0.5, 0.6) is 0 Å². The van der Waals surface area contributed by atoms with Crippen molar-refractivity contribution >= 4 is 37.3 Å². The van der Waals surface area contributed by atoms with Gasteiger partial charge in [0.2, 0.25) is 0 Å². The number of sulfonamides is 1. The molecule has 152 valence electrons. The van der Waals surface area contributed by atoms with Crippen molar-refractivity contribution < 1.29 is 8.42 Å². The third kappa shape index (κ3) is 3.66. The van der Waals surface area contributed by atoms with Gasteiger partial charge in [0.25, 0.3) is 10.0 Å². The number of hydrogen-bond acceptors (Lipinski definition) is 2. The molecule has 1 N–H and O–H groups in total. The largest absolute Gasteiger partial charge is 0.279 e. The zero-order valence-corrected chi connectivity index (χ0v) is 17.9. The molecule has 0 radical (unpaired) electrons. The van der Waals surface area contributed by atoms with Gasteiger partial charge in [0.05, 0.1) is 10.6 Å². The molecule has 0 aliphatic carbocycles. The highest BCUT2D eigenvalue weighted by atomic mass is 32.2. The third-order valence-corrected chi connectivity index (χ3v) is 6.92. The minimum Gasteiger partial charge on any atom is -0.279 e. The standard InChI is InChI=1S/C27H21NO2S/c1-19-11-14-23(15-12-19)31(29,30)28-27-18-22-9-5-6-10-24(22)25-16-13-21(17-26(25)27)20-7-3-2-4-8-20/h2-18,28H,1H3. The normalized spacial score (nSPS) is 11.6. The van der Waals surface area contributed by atoms with Gasteiger partial charge in [0.1, 0.15) is 0 Å². The second-order valence-electron chi connectivity index (χ2n) is 7.69. The minimum absolute atomic E-state index is 0.249. The summed E-state index contributed by atoms with van der Waals surface area (Å²) in [5, 5.41) is 3.97. The van der Waals surface area contributed by atoms with Gasteiger partial charge < -0.3 is 0 Å². The van der Waals surface area contributed by atoms with Crippen LogP contribution in [-0.4, -0.2) is 8.42 Å². The second kappa shape index (κ2) is 7.56. The monoisotopic (exact) mass is 423 g/mol. The molecule has 0 spiro atoms. The van der Waals surface area contributed by atoms with Gasteiger partial charge in [0.15, 0.2) is 0 Å². The van der Waals surface area contributed by atoms with Crippen molar-refractivity contribution in [2.45, 2.75) is 11.8 Å². The van der Waals surface area contributed by atoms with Crippen molar-refractivity contribution in [3.05, 3.63) is 109 Å². The number of hydrogen-bond donors (Lipinski definition) is 1. The van der Waals surface area contributed by atoms with E-state index in [0.29, 0.717) is 5.69 Å². The molecule has 0 aromatic heterocycles. The van der Waals surface area contributed by atoms with Crippen LogP contribution in [0.3, 0.4) is 0 Å². The lowest BCUT2D eigenvalue weighted by atomic mass is 9.96. The first-order valence-electron chi connectivity index (χ1n) is 10.1. The van der Waals surface area contributed by atoms with Gasteiger partial charge in [-0.3, -0.25) is 4.72 Å². The smallest absolute Gasteiger partial charge is 0.261 e. The lowest BCUT2D eigenvalue weighted by Crippen LogP contribution is -2.13. The molecular weight excluding hydrogens is 402 g/mol. The van der Waals surface area contributed by atoms with Crippen molar-refractivity contribution in [1.29, 1.82) is 0 Å². The van der Waals surface area contributed by atoms with Gasteiger partial charge in [-0.25, -0.2) is 8.42 Å². The maximum atomic E-state index is 13.1. The Labute approximate surface area is 182 Å². The predicted molar refractivity (Wildman–Crippen MR) is 129 cm³/mol. The molecule has 0 aliphatic heterocycles. The first kappa shape index (κ1) is 19.3. The Morgan fingerprint density at radius 2 is 1.32 bits per heavy atom. The van der Waals surface area contributed by atoms with E-state index in [1.807, 2.05) is 49.4 Å². The molecule has 0 atom stereocenters. The molecule has 0 bridgehead atoms. The van der Waals surface area contributed by atoms with Gasteiger partial charge in [0, 0.05) is 5.39 Å². The van der Waals surface area contributed by atoms with Crippen molar-refractivity contribution in [2.75, 3.05) is 4.72 Å². The summed E-state index contributed by atoms with van der Waals surface area (Å²) in [5.74, 6) is 0.